The smallest absolute Gasteiger partial charge is 0.124 e. The van der Waals surface area contributed by atoms with Crippen LogP contribution in [0.5, 0.6) is 0 Å². The maximum absolute atomic E-state index is 10.6. The first-order valence-electron chi connectivity index (χ1n) is 5.35. The normalized spacial score (nSPS) is 32.2. The molecule has 1 unspecified atom stereocenters. The zero-order valence-electron chi connectivity index (χ0n) is 8.11. The summed E-state index contributed by atoms with van der Waals surface area (Å²) in [6.07, 6.45) is 6.19. The minimum atomic E-state index is 0.293. The van der Waals surface area contributed by atoms with Crippen LogP contribution in [0.2, 0.25) is 0 Å². The van der Waals surface area contributed by atoms with Crippen molar-refractivity contribution in [2.24, 2.45) is 5.92 Å². The van der Waals surface area contributed by atoms with Crippen molar-refractivity contribution in [3.63, 3.8) is 0 Å². The largest absolute Gasteiger partial charge is 0.303 e. The Hall–Kier alpha value is -0.410. The van der Waals surface area contributed by atoms with Gasteiger partial charge in [-0.05, 0) is 19.3 Å². The highest BCUT2D eigenvalue weighted by molar-refractivity contribution is 5.54. The fourth-order valence-electron chi connectivity index (χ4n) is 2.30. The molecule has 2 saturated heterocycles. The van der Waals surface area contributed by atoms with Crippen molar-refractivity contribution in [3.8, 4) is 0 Å². The molecule has 0 aromatic heterocycles. The fourth-order valence-corrected chi connectivity index (χ4v) is 2.30. The average Bonchev–Trinajstić information content (AvgIpc) is 2.67. The van der Waals surface area contributed by atoms with Gasteiger partial charge in [-0.25, -0.2) is 10.0 Å². The zero-order valence-corrected chi connectivity index (χ0v) is 8.11. The molecule has 1 atom stereocenters. The first-order valence-corrected chi connectivity index (χ1v) is 5.35. The second-order valence-corrected chi connectivity index (χ2v) is 4.11. The Morgan fingerprint density at radius 3 is 2.38 bits per heavy atom. The van der Waals surface area contributed by atoms with E-state index in [1.54, 1.807) is 0 Å². The van der Waals surface area contributed by atoms with Gasteiger partial charge in [0.2, 0.25) is 0 Å². The maximum atomic E-state index is 10.6. The molecule has 3 heteroatoms. The minimum absolute atomic E-state index is 0.293. The molecular formula is C10H18N2O. The maximum Gasteiger partial charge on any atom is 0.124 e. The van der Waals surface area contributed by atoms with Crippen LogP contribution < -0.4 is 0 Å². The summed E-state index contributed by atoms with van der Waals surface area (Å²) < 4.78 is 0. The summed E-state index contributed by atoms with van der Waals surface area (Å²) in [6.45, 7) is 4.45. The van der Waals surface area contributed by atoms with Crippen LogP contribution in [0.25, 0.3) is 0 Å². The fraction of sp³-hybridized carbons (Fsp3) is 0.900. The molecule has 0 aliphatic carbocycles. The third-order valence-electron chi connectivity index (χ3n) is 3.13. The lowest BCUT2D eigenvalue weighted by Crippen LogP contribution is -2.44. The molecule has 3 nitrogen and oxygen atoms in total. The lowest BCUT2D eigenvalue weighted by molar-refractivity contribution is -0.111. The van der Waals surface area contributed by atoms with Gasteiger partial charge >= 0.3 is 0 Å². The van der Waals surface area contributed by atoms with Crippen molar-refractivity contribution in [2.45, 2.75) is 25.7 Å². The van der Waals surface area contributed by atoms with Crippen LogP contribution in [0.1, 0.15) is 25.7 Å². The Morgan fingerprint density at radius 1 is 1.00 bits per heavy atom. The van der Waals surface area contributed by atoms with Crippen LogP contribution in [0.15, 0.2) is 0 Å². The zero-order chi connectivity index (χ0) is 9.10. The lowest BCUT2D eigenvalue weighted by atomic mass is 10.1. The first kappa shape index (κ1) is 9.16. The lowest BCUT2D eigenvalue weighted by Gasteiger charge is -2.34. The Balaban J connectivity index is 1.83. The van der Waals surface area contributed by atoms with Crippen LogP contribution in [-0.4, -0.2) is 42.5 Å². The van der Waals surface area contributed by atoms with Crippen LogP contribution in [0, 0.1) is 5.92 Å². The predicted octanol–water partition coefficient (Wildman–Crippen LogP) is 0.908. The molecule has 13 heavy (non-hydrogen) atoms. The molecule has 2 rings (SSSR count). The van der Waals surface area contributed by atoms with E-state index in [0.29, 0.717) is 5.92 Å². The van der Waals surface area contributed by atoms with Crippen molar-refractivity contribution >= 4 is 6.29 Å². The summed E-state index contributed by atoms with van der Waals surface area (Å²) >= 11 is 0. The number of hydrogen-bond acceptors (Lipinski definition) is 3. The van der Waals surface area contributed by atoms with Crippen LogP contribution in [0.4, 0.5) is 0 Å². The predicted molar refractivity (Wildman–Crippen MR) is 51.2 cm³/mol. The van der Waals surface area contributed by atoms with E-state index in [1.165, 1.54) is 32.4 Å². The van der Waals surface area contributed by atoms with Crippen LogP contribution in [-0.2, 0) is 4.79 Å². The number of carbonyl (C=O) groups excluding carboxylic acids is 1. The van der Waals surface area contributed by atoms with Gasteiger partial charge in [-0.2, -0.15) is 0 Å². The molecule has 0 spiro atoms. The summed E-state index contributed by atoms with van der Waals surface area (Å²) in [4.78, 5) is 10.6. The Bertz CT molecular complexity index is 178. The monoisotopic (exact) mass is 182 g/mol. The van der Waals surface area contributed by atoms with Gasteiger partial charge < -0.3 is 4.79 Å². The van der Waals surface area contributed by atoms with Gasteiger partial charge in [0, 0.05) is 32.1 Å². The van der Waals surface area contributed by atoms with E-state index in [-0.39, 0.29) is 0 Å². The second-order valence-electron chi connectivity index (χ2n) is 4.11. The number of piperidine rings is 1. The standard InChI is InChI=1S/C10H18N2O/c13-9-10-4-7-12(8-10)11-5-2-1-3-6-11/h9-10H,1-8H2. The minimum Gasteiger partial charge on any atom is -0.303 e. The van der Waals surface area contributed by atoms with E-state index in [2.05, 4.69) is 10.0 Å². The molecule has 2 fully saturated rings. The first-order chi connectivity index (χ1) is 6.40. The highest BCUT2D eigenvalue weighted by Gasteiger charge is 2.26. The van der Waals surface area contributed by atoms with Crippen molar-refractivity contribution in [1.82, 2.24) is 10.0 Å². The molecule has 0 N–H and O–H groups in total. The number of rotatable bonds is 2. The quantitative estimate of drug-likeness (QED) is 0.593. The van der Waals surface area contributed by atoms with Gasteiger partial charge in [0.1, 0.15) is 6.29 Å². The van der Waals surface area contributed by atoms with Crippen molar-refractivity contribution in [2.75, 3.05) is 26.2 Å². The molecule has 2 aliphatic rings. The van der Waals surface area contributed by atoms with Gasteiger partial charge in [-0.3, -0.25) is 0 Å². The third kappa shape index (κ3) is 2.09. The molecule has 0 bridgehead atoms. The number of carbonyl (C=O) groups is 1. The summed E-state index contributed by atoms with van der Waals surface area (Å²) in [6, 6.07) is 0. The molecule has 0 aromatic carbocycles. The highest BCUT2D eigenvalue weighted by atomic mass is 16.1. The van der Waals surface area contributed by atoms with Gasteiger partial charge in [0.25, 0.3) is 0 Å². The van der Waals surface area contributed by atoms with Crippen molar-refractivity contribution < 1.29 is 4.79 Å². The average molecular weight is 182 g/mol. The summed E-state index contributed by atoms with van der Waals surface area (Å²) in [5, 5.41) is 4.81. The van der Waals surface area contributed by atoms with Gasteiger partial charge in [-0.15, -0.1) is 0 Å². The highest BCUT2D eigenvalue weighted by Crippen LogP contribution is 2.19. The molecule has 0 aromatic rings. The van der Waals surface area contributed by atoms with Gasteiger partial charge in [-0.1, -0.05) is 6.42 Å². The van der Waals surface area contributed by atoms with E-state index in [4.69, 9.17) is 0 Å². The van der Waals surface area contributed by atoms with Crippen molar-refractivity contribution in [3.05, 3.63) is 0 Å². The molecular weight excluding hydrogens is 164 g/mol. The van der Waals surface area contributed by atoms with E-state index in [9.17, 15) is 4.79 Å². The number of hydrazine groups is 1. The molecule has 0 saturated carbocycles. The van der Waals surface area contributed by atoms with E-state index in [0.717, 1.165) is 25.8 Å². The Kier molecular flexibility index (Phi) is 2.96. The Labute approximate surface area is 79.7 Å². The van der Waals surface area contributed by atoms with E-state index < -0.39 is 0 Å². The van der Waals surface area contributed by atoms with E-state index >= 15 is 0 Å². The molecule has 0 amide bonds. The van der Waals surface area contributed by atoms with Crippen LogP contribution >= 0.6 is 0 Å². The van der Waals surface area contributed by atoms with Crippen molar-refractivity contribution in [1.29, 1.82) is 0 Å². The van der Waals surface area contributed by atoms with E-state index in [1.807, 2.05) is 0 Å². The summed E-state index contributed by atoms with van der Waals surface area (Å²) in [7, 11) is 0. The van der Waals surface area contributed by atoms with Gasteiger partial charge in [0.05, 0.1) is 0 Å². The number of hydrogen-bond donors (Lipinski definition) is 0. The van der Waals surface area contributed by atoms with Gasteiger partial charge in [0.15, 0.2) is 0 Å². The molecule has 2 heterocycles. The Morgan fingerprint density at radius 2 is 1.77 bits per heavy atom. The molecule has 74 valence electrons. The second kappa shape index (κ2) is 4.20. The topological polar surface area (TPSA) is 23.6 Å². The molecule has 2 aliphatic heterocycles. The summed E-state index contributed by atoms with van der Waals surface area (Å²) in [5.74, 6) is 0.293. The molecule has 0 radical (unpaired) electrons. The number of nitrogens with zero attached hydrogens (tertiary/aromatic N) is 2. The summed E-state index contributed by atoms with van der Waals surface area (Å²) in [5.41, 5.74) is 0. The number of aldehydes is 1. The van der Waals surface area contributed by atoms with Crippen LogP contribution in [0.3, 0.4) is 0 Å². The third-order valence-corrected chi connectivity index (χ3v) is 3.13. The SMILES string of the molecule is O=CC1CCN(N2CCCCC2)C1.